The Morgan fingerprint density at radius 3 is 1.56 bits per heavy atom. The van der Waals surface area contributed by atoms with Crippen molar-refractivity contribution in [1.29, 1.82) is 0 Å². The van der Waals surface area contributed by atoms with Gasteiger partial charge in [-0.2, -0.15) is 0 Å². The minimum Gasteiger partial charge on any atom is -0.394 e. The summed E-state index contributed by atoms with van der Waals surface area (Å²) in [6, 6.07) is -2.25. The standard InChI is InChI=1S/C21H30I3N3O9/c1-9(32)26(2)19-17(23)14(20(25)35)16(22)15(18(19)24)21(36)27(10(5-28)3-12(33)7-30)11(6-29)4-13(34)8-31/h10-13,28-31,33-34H,3-8H2,1-2H3,(H2,25,35). The Balaban J connectivity index is 3.96. The largest absolute Gasteiger partial charge is 0.394 e. The van der Waals surface area contributed by atoms with Crippen molar-refractivity contribution < 1.29 is 45.0 Å². The summed E-state index contributed by atoms with van der Waals surface area (Å²) in [5, 5.41) is 58.9. The molecule has 12 nitrogen and oxygen atoms in total. The van der Waals surface area contributed by atoms with Gasteiger partial charge in [-0.05, 0) is 80.6 Å². The number of aliphatic hydroxyl groups is 6. The molecule has 3 amide bonds. The molecule has 0 aliphatic heterocycles. The number of carbonyl (C=O) groups excluding carboxylic acids is 3. The third-order valence-corrected chi connectivity index (χ3v) is 8.69. The van der Waals surface area contributed by atoms with Gasteiger partial charge in [0.25, 0.3) is 11.8 Å². The van der Waals surface area contributed by atoms with E-state index >= 15 is 0 Å². The highest BCUT2D eigenvalue weighted by Crippen LogP contribution is 2.38. The van der Waals surface area contributed by atoms with Crippen LogP contribution in [0.1, 0.15) is 40.5 Å². The van der Waals surface area contributed by atoms with Crippen LogP contribution in [0.4, 0.5) is 5.69 Å². The number of nitrogens with zero attached hydrogens (tertiary/aromatic N) is 2. The highest BCUT2D eigenvalue weighted by Gasteiger charge is 2.37. The predicted molar refractivity (Wildman–Crippen MR) is 156 cm³/mol. The molecule has 0 saturated carbocycles. The maximum absolute atomic E-state index is 14.1. The number of amides is 3. The molecule has 0 saturated heterocycles. The van der Waals surface area contributed by atoms with E-state index in [9.17, 15) is 45.0 Å². The molecule has 4 unspecified atom stereocenters. The minimum atomic E-state index is -1.31. The SMILES string of the molecule is CC(=O)N(C)c1c(I)c(C(N)=O)c(I)c(C(=O)N(C(CO)CC(O)CO)C(CO)CC(O)CO)c1I. The number of carbonyl (C=O) groups is 3. The zero-order valence-electron chi connectivity index (χ0n) is 19.6. The van der Waals surface area contributed by atoms with E-state index in [0.717, 1.165) is 4.90 Å². The van der Waals surface area contributed by atoms with E-state index in [2.05, 4.69) is 0 Å². The lowest BCUT2D eigenvalue weighted by atomic mass is 9.99. The molecular formula is C21H30I3N3O9. The van der Waals surface area contributed by atoms with Crippen molar-refractivity contribution in [3.8, 4) is 0 Å². The van der Waals surface area contributed by atoms with Crippen molar-refractivity contribution >= 4 is 91.2 Å². The van der Waals surface area contributed by atoms with Crippen molar-refractivity contribution in [2.75, 3.05) is 38.4 Å². The molecule has 1 rings (SSSR count). The van der Waals surface area contributed by atoms with Crippen molar-refractivity contribution in [2.45, 2.75) is 44.1 Å². The summed E-state index contributed by atoms with van der Waals surface area (Å²) in [6.07, 6.45) is -3.17. The van der Waals surface area contributed by atoms with Gasteiger partial charge >= 0.3 is 0 Å². The highest BCUT2D eigenvalue weighted by molar-refractivity contribution is 14.1. The fourth-order valence-corrected chi connectivity index (χ4v) is 8.48. The Bertz CT molecular complexity index is 947. The lowest BCUT2D eigenvalue weighted by Gasteiger charge is -2.39. The molecule has 36 heavy (non-hydrogen) atoms. The van der Waals surface area contributed by atoms with E-state index in [1.165, 1.54) is 18.9 Å². The smallest absolute Gasteiger partial charge is 0.256 e. The van der Waals surface area contributed by atoms with Gasteiger partial charge in [0, 0.05) is 17.5 Å². The average Bonchev–Trinajstić information content (AvgIpc) is 2.81. The normalized spacial score (nSPS) is 14.6. The number of anilines is 1. The molecule has 8 N–H and O–H groups in total. The second-order valence-electron chi connectivity index (χ2n) is 8.01. The van der Waals surface area contributed by atoms with Gasteiger partial charge in [-0.1, -0.05) is 0 Å². The molecule has 1 aromatic carbocycles. The second kappa shape index (κ2) is 15.2. The predicted octanol–water partition coefficient (Wildman–Crippen LogP) is -0.767. The third-order valence-electron chi connectivity index (χ3n) is 5.51. The number of primary amides is 1. The van der Waals surface area contributed by atoms with E-state index in [1.807, 2.05) is 45.2 Å². The van der Waals surface area contributed by atoms with Crippen LogP contribution in [0.25, 0.3) is 0 Å². The van der Waals surface area contributed by atoms with Gasteiger partial charge in [-0.3, -0.25) is 14.4 Å². The molecule has 4 atom stereocenters. The maximum atomic E-state index is 14.1. The fourth-order valence-electron chi connectivity index (χ4n) is 3.60. The average molecular weight is 849 g/mol. The van der Waals surface area contributed by atoms with Gasteiger partial charge in [0.15, 0.2) is 0 Å². The van der Waals surface area contributed by atoms with Crippen LogP contribution < -0.4 is 10.6 Å². The van der Waals surface area contributed by atoms with Crippen LogP contribution in [0, 0.1) is 10.7 Å². The quantitative estimate of drug-likeness (QED) is 0.125. The topological polar surface area (TPSA) is 205 Å². The Hall–Kier alpha value is -0.420. The van der Waals surface area contributed by atoms with Gasteiger partial charge in [0.05, 0.1) is 74.7 Å². The molecule has 0 heterocycles. The first-order valence-electron chi connectivity index (χ1n) is 10.6. The van der Waals surface area contributed by atoms with Gasteiger partial charge in [-0.25, -0.2) is 0 Å². The van der Waals surface area contributed by atoms with E-state index in [4.69, 9.17) is 5.73 Å². The van der Waals surface area contributed by atoms with Crippen LogP contribution in [-0.2, 0) is 4.79 Å². The lowest BCUT2D eigenvalue weighted by Crippen LogP contribution is -2.53. The lowest BCUT2D eigenvalue weighted by molar-refractivity contribution is -0.116. The number of hydrogen-bond donors (Lipinski definition) is 7. The van der Waals surface area contributed by atoms with Crippen molar-refractivity contribution in [2.24, 2.45) is 5.73 Å². The molecule has 0 bridgehead atoms. The summed E-state index contributed by atoms with van der Waals surface area (Å²) in [4.78, 5) is 41.0. The molecule has 0 aliphatic rings. The van der Waals surface area contributed by atoms with Crippen LogP contribution in [0.3, 0.4) is 0 Å². The second-order valence-corrected chi connectivity index (χ2v) is 11.2. The molecule has 204 valence electrons. The summed E-state index contributed by atoms with van der Waals surface area (Å²) in [5.74, 6) is -2.01. The van der Waals surface area contributed by atoms with Crippen LogP contribution in [0.2, 0.25) is 0 Å². The van der Waals surface area contributed by atoms with Crippen LogP contribution >= 0.6 is 67.8 Å². The first-order chi connectivity index (χ1) is 16.8. The van der Waals surface area contributed by atoms with E-state index in [1.54, 1.807) is 22.6 Å². The Morgan fingerprint density at radius 2 is 1.22 bits per heavy atom. The van der Waals surface area contributed by atoms with Crippen LogP contribution in [0.15, 0.2) is 0 Å². The third kappa shape index (κ3) is 7.80. The van der Waals surface area contributed by atoms with Crippen molar-refractivity contribution in [3.05, 3.63) is 21.8 Å². The van der Waals surface area contributed by atoms with E-state index < -0.39 is 62.5 Å². The summed E-state index contributed by atoms with van der Waals surface area (Å²) < 4.78 is 0.805. The summed E-state index contributed by atoms with van der Waals surface area (Å²) >= 11 is 5.51. The Labute approximate surface area is 249 Å². The van der Waals surface area contributed by atoms with Gasteiger partial charge in [-0.15, -0.1) is 0 Å². The minimum absolute atomic E-state index is 0.00472. The van der Waals surface area contributed by atoms with Crippen molar-refractivity contribution in [1.82, 2.24) is 4.90 Å². The van der Waals surface area contributed by atoms with Gasteiger partial charge < -0.3 is 46.2 Å². The Kier molecular flexibility index (Phi) is 14.2. The molecule has 0 radical (unpaired) electrons. The van der Waals surface area contributed by atoms with Gasteiger partial charge in [0.2, 0.25) is 5.91 Å². The number of aliphatic hydroxyl groups excluding tert-OH is 6. The zero-order valence-corrected chi connectivity index (χ0v) is 26.0. The number of rotatable bonds is 13. The fraction of sp³-hybridized carbons (Fsp3) is 0.571. The summed E-state index contributed by atoms with van der Waals surface area (Å²) in [7, 11) is 1.47. The maximum Gasteiger partial charge on any atom is 0.256 e. The molecule has 0 fully saturated rings. The first kappa shape index (κ1) is 33.6. The number of halogens is 3. The monoisotopic (exact) mass is 849 g/mol. The van der Waals surface area contributed by atoms with Crippen LogP contribution in [-0.4, -0.2) is 111 Å². The van der Waals surface area contributed by atoms with Crippen LogP contribution in [0.5, 0.6) is 0 Å². The summed E-state index contributed by atoms with van der Waals surface area (Å²) in [5.41, 5.74) is 5.83. The highest BCUT2D eigenvalue weighted by atomic mass is 127. The van der Waals surface area contributed by atoms with E-state index in [0.29, 0.717) is 3.57 Å². The molecule has 0 aliphatic carbocycles. The number of benzene rings is 1. The number of nitrogens with two attached hydrogens (primary N) is 1. The summed E-state index contributed by atoms with van der Waals surface area (Å²) in [6.45, 7) is -1.35. The zero-order chi connectivity index (χ0) is 27.9. The van der Waals surface area contributed by atoms with Gasteiger partial charge in [0.1, 0.15) is 0 Å². The van der Waals surface area contributed by atoms with Crippen molar-refractivity contribution in [3.63, 3.8) is 0 Å². The molecule has 15 heteroatoms. The first-order valence-corrected chi connectivity index (χ1v) is 13.9. The molecule has 0 aromatic heterocycles. The molecule has 1 aromatic rings. The van der Waals surface area contributed by atoms with E-state index in [-0.39, 0.29) is 42.7 Å². The number of hydrogen-bond acceptors (Lipinski definition) is 9. The molecule has 0 spiro atoms. The molecular weight excluding hydrogens is 819 g/mol. The Morgan fingerprint density at radius 1 is 0.806 bits per heavy atom.